The summed E-state index contributed by atoms with van der Waals surface area (Å²) >= 11 is 0. The van der Waals surface area contributed by atoms with Gasteiger partial charge in [0.2, 0.25) is 5.91 Å². The van der Waals surface area contributed by atoms with Gasteiger partial charge in [-0.25, -0.2) is 0 Å². The number of aromatic nitrogens is 2. The van der Waals surface area contributed by atoms with Crippen molar-refractivity contribution in [1.82, 2.24) is 20.2 Å². The molecule has 1 fully saturated rings. The van der Waals surface area contributed by atoms with Gasteiger partial charge in [0.1, 0.15) is 0 Å². The Balaban J connectivity index is 1.39. The molecule has 178 valence electrons. The molecule has 2 heterocycles. The van der Waals surface area contributed by atoms with Gasteiger partial charge in [-0.05, 0) is 55.6 Å². The summed E-state index contributed by atoms with van der Waals surface area (Å²) in [6.07, 6.45) is 1.81. The third-order valence-electron chi connectivity index (χ3n) is 6.28. The fraction of sp³-hybridized carbons (Fsp3) is 0.346. The van der Waals surface area contributed by atoms with E-state index in [0.29, 0.717) is 43.7 Å². The molecule has 1 saturated heterocycles. The summed E-state index contributed by atoms with van der Waals surface area (Å²) in [4.78, 5) is 23.9. The minimum atomic E-state index is -4.35. The highest BCUT2D eigenvalue weighted by molar-refractivity contribution is 5.79. The van der Waals surface area contributed by atoms with Gasteiger partial charge in [-0.3, -0.25) is 19.7 Å². The number of amides is 1. The van der Waals surface area contributed by atoms with Crippen LogP contribution < -0.4 is 5.32 Å². The predicted octanol–water partition coefficient (Wildman–Crippen LogP) is 4.92. The van der Waals surface area contributed by atoms with Gasteiger partial charge in [-0.2, -0.15) is 13.2 Å². The van der Waals surface area contributed by atoms with Crippen molar-refractivity contribution in [1.29, 1.82) is 0 Å². The number of rotatable bonds is 6. The molecule has 1 aliphatic rings. The maximum absolute atomic E-state index is 13.2. The molecule has 3 aromatic rings. The highest BCUT2D eigenvalue weighted by atomic mass is 19.4. The second-order valence-corrected chi connectivity index (χ2v) is 8.68. The van der Waals surface area contributed by atoms with E-state index in [1.165, 1.54) is 12.1 Å². The molecule has 1 amide bonds. The Morgan fingerprint density at radius 3 is 2.56 bits per heavy atom. The van der Waals surface area contributed by atoms with Crippen molar-refractivity contribution in [2.75, 3.05) is 13.1 Å². The zero-order valence-electron chi connectivity index (χ0n) is 18.9. The smallest absolute Gasteiger partial charge is 0.343 e. The van der Waals surface area contributed by atoms with Crippen LogP contribution in [0.15, 0.2) is 67.1 Å². The van der Waals surface area contributed by atoms with Crippen molar-refractivity contribution in [3.63, 3.8) is 0 Å². The summed E-state index contributed by atoms with van der Waals surface area (Å²) in [5, 5.41) is 3.16. The Labute approximate surface area is 197 Å². The van der Waals surface area contributed by atoms with Gasteiger partial charge in [-0.1, -0.05) is 42.5 Å². The molecule has 0 spiro atoms. The van der Waals surface area contributed by atoms with Gasteiger partial charge in [0.15, 0.2) is 0 Å². The Kier molecular flexibility index (Phi) is 7.26. The van der Waals surface area contributed by atoms with Crippen LogP contribution in [0.3, 0.4) is 0 Å². The summed E-state index contributed by atoms with van der Waals surface area (Å²) in [6, 6.07) is 12.9. The predicted molar refractivity (Wildman–Crippen MR) is 123 cm³/mol. The van der Waals surface area contributed by atoms with E-state index in [1.807, 2.05) is 31.2 Å². The van der Waals surface area contributed by atoms with E-state index < -0.39 is 17.8 Å². The molecule has 2 aromatic carbocycles. The van der Waals surface area contributed by atoms with Crippen molar-refractivity contribution in [2.45, 2.75) is 38.5 Å². The first-order chi connectivity index (χ1) is 16.3. The van der Waals surface area contributed by atoms with Crippen LogP contribution in [0.1, 0.15) is 46.8 Å². The van der Waals surface area contributed by atoms with E-state index in [4.69, 9.17) is 0 Å². The molecule has 8 heteroatoms. The lowest BCUT2D eigenvalue weighted by Crippen LogP contribution is -2.41. The molecule has 0 saturated carbocycles. The average molecular weight is 469 g/mol. The molecule has 1 aliphatic heterocycles. The number of hydrogen-bond acceptors (Lipinski definition) is 4. The second kappa shape index (κ2) is 10.3. The van der Waals surface area contributed by atoms with E-state index in [1.54, 1.807) is 24.7 Å². The van der Waals surface area contributed by atoms with Gasteiger partial charge in [0.05, 0.1) is 23.5 Å². The zero-order chi connectivity index (χ0) is 24.1. The quantitative estimate of drug-likeness (QED) is 0.558. The van der Waals surface area contributed by atoms with Crippen LogP contribution in [0.2, 0.25) is 0 Å². The first kappa shape index (κ1) is 23.9. The number of alkyl halides is 3. The first-order valence-corrected chi connectivity index (χ1v) is 11.3. The van der Waals surface area contributed by atoms with E-state index in [9.17, 15) is 18.0 Å². The standard InChI is InChI=1S/C26H27F3N4O/c1-18-5-2-3-8-22(18)24(23-16-30-11-12-31-23)32-25(34)20-9-13-33(14-10-20)17-19-6-4-7-21(15-19)26(27,28)29/h2-8,11-12,15-16,20,24H,9-10,13-14,17H2,1H3,(H,32,34). The molecule has 4 rings (SSSR count). The number of benzene rings is 2. The second-order valence-electron chi connectivity index (χ2n) is 8.68. The molecule has 1 unspecified atom stereocenters. The Morgan fingerprint density at radius 2 is 1.88 bits per heavy atom. The molecular weight excluding hydrogens is 441 g/mol. The summed E-state index contributed by atoms with van der Waals surface area (Å²) in [6.45, 7) is 3.73. The number of carbonyl (C=O) groups is 1. The molecule has 34 heavy (non-hydrogen) atoms. The maximum Gasteiger partial charge on any atom is 0.416 e. The molecule has 0 bridgehead atoms. The van der Waals surface area contributed by atoms with Gasteiger partial charge in [0, 0.05) is 24.9 Å². The first-order valence-electron chi connectivity index (χ1n) is 11.3. The highest BCUT2D eigenvalue weighted by Crippen LogP contribution is 2.30. The molecule has 5 nitrogen and oxygen atoms in total. The van der Waals surface area contributed by atoms with Crippen molar-refractivity contribution >= 4 is 5.91 Å². The van der Waals surface area contributed by atoms with Crippen LogP contribution in [0.5, 0.6) is 0 Å². The minimum Gasteiger partial charge on any atom is -0.343 e. The van der Waals surface area contributed by atoms with Crippen molar-refractivity contribution in [3.8, 4) is 0 Å². The fourth-order valence-electron chi connectivity index (χ4n) is 4.40. The fourth-order valence-corrected chi connectivity index (χ4v) is 4.40. The van der Waals surface area contributed by atoms with Gasteiger partial charge in [0.25, 0.3) is 0 Å². The lowest BCUT2D eigenvalue weighted by Gasteiger charge is -2.32. The number of aryl methyl sites for hydroxylation is 1. The number of nitrogens with one attached hydrogen (secondary N) is 1. The van der Waals surface area contributed by atoms with Gasteiger partial charge < -0.3 is 5.32 Å². The monoisotopic (exact) mass is 468 g/mol. The van der Waals surface area contributed by atoms with Crippen LogP contribution in [-0.2, 0) is 17.5 Å². The van der Waals surface area contributed by atoms with Crippen molar-refractivity contribution in [2.24, 2.45) is 5.92 Å². The van der Waals surface area contributed by atoms with Crippen LogP contribution >= 0.6 is 0 Å². The molecule has 0 radical (unpaired) electrons. The van der Waals surface area contributed by atoms with Crippen LogP contribution in [0, 0.1) is 12.8 Å². The van der Waals surface area contributed by atoms with Crippen molar-refractivity contribution in [3.05, 3.63) is 95.1 Å². The number of likely N-dealkylation sites (tertiary alicyclic amines) is 1. The molecule has 1 N–H and O–H groups in total. The summed E-state index contributed by atoms with van der Waals surface area (Å²) < 4.78 is 39.0. The Hall–Kier alpha value is -3.26. The number of hydrogen-bond donors (Lipinski definition) is 1. The SMILES string of the molecule is Cc1ccccc1C(NC(=O)C1CCN(Cc2cccc(C(F)(F)F)c2)CC1)c1cnccn1. The molecule has 1 atom stereocenters. The lowest BCUT2D eigenvalue weighted by molar-refractivity contribution is -0.137. The minimum absolute atomic E-state index is 0.0439. The molecular formula is C26H27F3N4O. The van der Waals surface area contributed by atoms with E-state index in [2.05, 4.69) is 20.2 Å². The Bertz CT molecular complexity index is 1110. The van der Waals surface area contributed by atoms with Crippen LogP contribution in [0.25, 0.3) is 0 Å². The third kappa shape index (κ3) is 5.80. The zero-order valence-corrected chi connectivity index (χ0v) is 18.9. The van der Waals surface area contributed by atoms with Crippen molar-refractivity contribution < 1.29 is 18.0 Å². The molecule has 1 aromatic heterocycles. The van der Waals surface area contributed by atoms with Gasteiger partial charge in [-0.15, -0.1) is 0 Å². The van der Waals surface area contributed by atoms with Crippen LogP contribution in [0.4, 0.5) is 13.2 Å². The number of piperidine rings is 1. The van der Waals surface area contributed by atoms with E-state index >= 15 is 0 Å². The largest absolute Gasteiger partial charge is 0.416 e. The summed E-state index contributed by atoms with van der Waals surface area (Å²) in [5.41, 5.74) is 2.69. The summed E-state index contributed by atoms with van der Waals surface area (Å²) in [5.74, 6) is -0.210. The Morgan fingerprint density at radius 1 is 1.12 bits per heavy atom. The van der Waals surface area contributed by atoms with E-state index in [-0.39, 0.29) is 11.8 Å². The lowest BCUT2D eigenvalue weighted by atomic mass is 9.93. The average Bonchev–Trinajstić information content (AvgIpc) is 2.84. The number of halogens is 3. The number of nitrogens with zero attached hydrogens (tertiary/aromatic N) is 3. The summed E-state index contributed by atoms with van der Waals surface area (Å²) in [7, 11) is 0. The number of carbonyl (C=O) groups excluding carboxylic acids is 1. The topological polar surface area (TPSA) is 58.1 Å². The normalized spacial score (nSPS) is 16.2. The van der Waals surface area contributed by atoms with E-state index in [0.717, 1.165) is 17.2 Å². The highest BCUT2D eigenvalue weighted by Gasteiger charge is 2.31. The van der Waals surface area contributed by atoms with Gasteiger partial charge >= 0.3 is 6.18 Å². The molecule has 0 aliphatic carbocycles. The van der Waals surface area contributed by atoms with Crippen LogP contribution in [-0.4, -0.2) is 33.9 Å². The maximum atomic E-state index is 13.2. The third-order valence-corrected chi connectivity index (χ3v) is 6.28.